The Balaban J connectivity index is 1.53. The normalized spacial score (nSPS) is 14.0. The van der Waals surface area contributed by atoms with Gasteiger partial charge in [0, 0.05) is 26.0 Å². The molecule has 1 saturated carbocycles. The van der Waals surface area contributed by atoms with Crippen LogP contribution < -0.4 is 15.0 Å². The highest BCUT2D eigenvalue weighted by Crippen LogP contribution is 2.35. The topological polar surface area (TPSA) is 65.7 Å². The van der Waals surface area contributed by atoms with Crippen molar-refractivity contribution in [3.63, 3.8) is 0 Å². The summed E-state index contributed by atoms with van der Waals surface area (Å²) >= 11 is 7.12. The maximum absolute atomic E-state index is 13.6. The summed E-state index contributed by atoms with van der Waals surface area (Å²) in [6.07, 6.45) is 9.66. The summed E-state index contributed by atoms with van der Waals surface area (Å²) in [6, 6.07) is 17.4. The minimum Gasteiger partial charge on any atom is -0.490 e. The van der Waals surface area contributed by atoms with E-state index < -0.39 is 0 Å². The molecule has 0 N–H and O–H groups in total. The molecule has 212 valence electrons. The number of para-hydroxylation sites is 1. The Morgan fingerprint density at radius 3 is 2.61 bits per heavy atom. The van der Waals surface area contributed by atoms with Crippen molar-refractivity contribution in [2.75, 3.05) is 6.61 Å². The largest absolute Gasteiger partial charge is 0.490 e. The minimum atomic E-state index is -0.149. The molecule has 41 heavy (non-hydrogen) atoms. The van der Waals surface area contributed by atoms with Crippen molar-refractivity contribution in [1.82, 2.24) is 9.66 Å². The van der Waals surface area contributed by atoms with Gasteiger partial charge < -0.3 is 9.47 Å². The molecule has 1 aromatic heterocycles. The van der Waals surface area contributed by atoms with Gasteiger partial charge in [0.15, 0.2) is 11.5 Å². The maximum atomic E-state index is 13.6. The Hall–Kier alpha value is -3.23. The lowest BCUT2D eigenvalue weighted by Crippen LogP contribution is -2.25. The number of rotatable bonds is 10. The number of hydrogen-bond donors (Lipinski definition) is 0. The van der Waals surface area contributed by atoms with Gasteiger partial charge in [-0.2, -0.15) is 9.78 Å². The first-order valence-electron chi connectivity index (χ1n) is 14.0. The van der Waals surface area contributed by atoms with Gasteiger partial charge in [0.2, 0.25) is 0 Å². The van der Waals surface area contributed by atoms with Gasteiger partial charge >= 0.3 is 0 Å². The Morgan fingerprint density at radius 1 is 1.05 bits per heavy atom. The molecule has 5 rings (SSSR count). The van der Waals surface area contributed by atoms with Gasteiger partial charge in [0.25, 0.3) is 5.56 Å². The standard InChI is InChI=1S/C33H33Br2N3O3/c1-3-10-24-17-22(18-30(40-4-2)31(24)41-21-25-15-16-26(34)19-28(25)35)20-36-38-32(23-11-6-5-7-12-23)37-29-14-9-8-13-27(29)33(38)39/h3,8-9,13-20,23H,1,4-7,10-12,21H2,2H3. The second-order valence-corrected chi connectivity index (χ2v) is 11.9. The van der Waals surface area contributed by atoms with Crippen LogP contribution in [-0.4, -0.2) is 22.5 Å². The summed E-state index contributed by atoms with van der Waals surface area (Å²) in [6.45, 7) is 6.74. The lowest BCUT2D eigenvalue weighted by Gasteiger charge is -2.22. The molecule has 0 unspecified atom stereocenters. The second-order valence-electron chi connectivity index (χ2n) is 10.1. The zero-order valence-electron chi connectivity index (χ0n) is 23.1. The first kappa shape index (κ1) is 29.3. The number of benzene rings is 3. The van der Waals surface area contributed by atoms with Gasteiger partial charge in [-0.15, -0.1) is 6.58 Å². The van der Waals surface area contributed by atoms with Gasteiger partial charge in [-0.05, 0) is 68.1 Å². The molecule has 1 fully saturated rings. The van der Waals surface area contributed by atoms with Crippen LogP contribution in [0.5, 0.6) is 11.5 Å². The molecule has 3 aromatic carbocycles. The van der Waals surface area contributed by atoms with Gasteiger partial charge in [0.1, 0.15) is 12.4 Å². The zero-order chi connectivity index (χ0) is 28.8. The van der Waals surface area contributed by atoms with E-state index in [1.165, 1.54) is 11.1 Å². The fourth-order valence-electron chi connectivity index (χ4n) is 5.28. The summed E-state index contributed by atoms with van der Waals surface area (Å²) in [5, 5.41) is 5.29. The van der Waals surface area contributed by atoms with E-state index in [1.54, 1.807) is 6.21 Å². The quantitative estimate of drug-likeness (QED) is 0.125. The van der Waals surface area contributed by atoms with E-state index in [-0.39, 0.29) is 11.5 Å². The molecule has 6 nitrogen and oxygen atoms in total. The number of allylic oxidation sites excluding steroid dienone is 1. The lowest BCUT2D eigenvalue weighted by atomic mass is 9.88. The molecule has 0 bridgehead atoms. The van der Waals surface area contributed by atoms with Crippen LogP contribution in [-0.2, 0) is 13.0 Å². The van der Waals surface area contributed by atoms with Gasteiger partial charge in [-0.1, -0.05) is 75.4 Å². The third-order valence-corrected chi connectivity index (χ3v) is 8.51. The number of halogens is 2. The second kappa shape index (κ2) is 13.6. The Labute approximate surface area is 257 Å². The predicted octanol–water partition coefficient (Wildman–Crippen LogP) is 8.56. The fourth-order valence-corrected chi connectivity index (χ4v) is 6.44. The van der Waals surface area contributed by atoms with E-state index in [0.717, 1.165) is 62.7 Å². The van der Waals surface area contributed by atoms with Crippen LogP contribution >= 0.6 is 31.9 Å². The van der Waals surface area contributed by atoms with Gasteiger partial charge in [0.05, 0.1) is 23.7 Å². The van der Waals surface area contributed by atoms with Crippen molar-refractivity contribution in [3.8, 4) is 11.5 Å². The van der Waals surface area contributed by atoms with E-state index in [2.05, 4.69) is 38.4 Å². The van der Waals surface area contributed by atoms with E-state index >= 15 is 0 Å². The smallest absolute Gasteiger partial charge is 0.282 e. The van der Waals surface area contributed by atoms with E-state index in [1.807, 2.05) is 67.6 Å². The highest BCUT2D eigenvalue weighted by molar-refractivity contribution is 9.11. The number of fused-ring (bicyclic) bond motifs is 1. The average molecular weight is 679 g/mol. The summed E-state index contributed by atoms with van der Waals surface area (Å²) in [7, 11) is 0. The van der Waals surface area contributed by atoms with Crippen LogP contribution in [0.2, 0.25) is 0 Å². The van der Waals surface area contributed by atoms with Crippen molar-refractivity contribution in [1.29, 1.82) is 0 Å². The monoisotopic (exact) mass is 677 g/mol. The molecule has 8 heteroatoms. The first-order valence-corrected chi connectivity index (χ1v) is 15.6. The molecule has 4 aromatic rings. The van der Waals surface area contributed by atoms with Crippen molar-refractivity contribution >= 4 is 49.0 Å². The molecule has 0 radical (unpaired) electrons. The van der Waals surface area contributed by atoms with Crippen molar-refractivity contribution in [2.24, 2.45) is 5.10 Å². The molecular formula is C33H33Br2N3O3. The van der Waals surface area contributed by atoms with Crippen LogP contribution in [0, 0.1) is 0 Å². The molecule has 0 atom stereocenters. The molecule has 0 spiro atoms. The van der Waals surface area contributed by atoms with E-state index in [9.17, 15) is 4.79 Å². The van der Waals surface area contributed by atoms with Crippen LogP contribution in [0.3, 0.4) is 0 Å². The summed E-state index contributed by atoms with van der Waals surface area (Å²) in [5.41, 5.74) is 3.32. The Morgan fingerprint density at radius 2 is 1.85 bits per heavy atom. The minimum absolute atomic E-state index is 0.149. The van der Waals surface area contributed by atoms with Crippen LogP contribution in [0.15, 0.2) is 86.1 Å². The average Bonchev–Trinajstić information content (AvgIpc) is 2.98. The summed E-state index contributed by atoms with van der Waals surface area (Å²) in [4.78, 5) is 18.5. The number of hydrogen-bond acceptors (Lipinski definition) is 5. The van der Waals surface area contributed by atoms with Gasteiger partial charge in [-0.25, -0.2) is 4.98 Å². The molecule has 1 aliphatic carbocycles. The van der Waals surface area contributed by atoms with E-state index in [0.29, 0.717) is 36.5 Å². The molecule has 0 amide bonds. The zero-order valence-corrected chi connectivity index (χ0v) is 26.3. The Kier molecular flexibility index (Phi) is 9.72. The molecule has 0 aliphatic heterocycles. The lowest BCUT2D eigenvalue weighted by molar-refractivity contribution is 0.266. The van der Waals surface area contributed by atoms with Crippen molar-refractivity contribution in [2.45, 2.75) is 58.0 Å². The number of ether oxygens (including phenoxy) is 2. The van der Waals surface area contributed by atoms with Gasteiger partial charge in [-0.3, -0.25) is 4.79 Å². The van der Waals surface area contributed by atoms with Crippen molar-refractivity contribution < 1.29 is 9.47 Å². The summed E-state index contributed by atoms with van der Waals surface area (Å²) in [5.74, 6) is 2.24. The fraction of sp³-hybridized carbons (Fsp3) is 0.303. The SMILES string of the molecule is C=CCc1cc(C=Nn2c(C3CCCCC3)nc3ccccc3c2=O)cc(OCC)c1OCc1ccc(Br)cc1Br. The highest BCUT2D eigenvalue weighted by atomic mass is 79.9. The molecular weight excluding hydrogens is 646 g/mol. The first-order chi connectivity index (χ1) is 20.0. The molecule has 1 aliphatic rings. The molecule has 0 saturated heterocycles. The van der Waals surface area contributed by atoms with Crippen LogP contribution in [0.25, 0.3) is 10.9 Å². The summed E-state index contributed by atoms with van der Waals surface area (Å²) < 4.78 is 15.8. The third-order valence-electron chi connectivity index (χ3n) is 7.28. The van der Waals surface area contributed by atoms with E-state index in [4.69, 9.17) is 19.6 Å². The predicted molar refractivity (Wildman–Crippen MR) is 173 cm³/mol. The van der Waals surface area contributed by atoms with Crippen molar-refractivity contribution in [3.05, 3.63) is 109 Å². The van der Waals surface area contributed by atoms with Crippen LogP contribution in [0.4, 0.5) is 0 Å². The van der Waals surface area contributed by atoms with Crippen LogP contribution in [0.1, 0.15) is 67.5 Å². The number of nitrogens with zero attached hydrogens (tertiary/aromatic N) is 3. The highest BCUT2D eigenvalue weighted by Gasteiger charge is 2.22. The maximum Gasteiger partial charge on any atom is 0.282 e. The Bertz CT molecular complexity index is 1640. The number of aromatic nitrogens is 2. The third kappa shape index (κ3) is 6.81. The molecule has 1 heterocycles.